The minimum Gasteiger partial charge on any atom is -0.328 e. The average Bonchev–Trinajstić information content (AvgIpc) is 2.07. The van der Waals surface area contributed by atoms with Crippen molar-refractivity contribution in [2.45, 2.75) is 6.92 Å². The summed E-state index contributed by atoms with van der Waals surface area (Å²) in [7, 11) is 0. The van der Waals surface area contributed by atoms with Gasteiger partial charge in [0.15, 0.2) is 0 Å². The van der Waals surface area contributed by atoms with Crippen LogP contribution in [-0.2, 0) is 0 Å². The molecule has 0 unspecified atom stereocenters. The largest absolute Gasteiger partial charge is 0.328 e. The summed E-state index contributed by atoms with van der Waals surface area (Å²) in [5.74, 6) is 0. The number of aromatic nitrogens is 2. The van der Waals surface area contributed by atoms with Crippen LogP contribution in [0.25, 0.3) is 10.9 Å². The maximum absolute atomic E-state index is 11.2. The first-order valence-electron chi connectivity index (χ1n) is 3.71. The number of aromatic amines is 1. The summed E-state index contributed by atoms with van der Waals surface area (Å²) < 4.78 is 0. The minimum atomic E-state index is -0.0799. The third kappa shape index (κ3) is 0.993. The van der Waals surface area contributed by atoms with E-state index in [0.717, 1.165) is 11.1 Å². The van der Waals surface area contributed by atoms with Crippen LogP contribution in [0.3, 0.4) is 0 Å². The van der Waals surface area contributed by atoms with E-state index in [0.29, 0.717) is 5.39 Å². The summed E-state index contributed by atoms with van der Waals surface area (Å²) >= 11 is 0. The predicted octanol–water partition coefficient (Wildman–Crippen LogP) is 1.23. The maximum Gasteiger partial charge on any atom is 0.257 e. The smallest absolute Gasteiger partial charge is 0.257 e. The van der Waals surface area contributed by atoms with Crippen molar-refractivity contribution in [3.63, 3.8) is 0 Å². The summed E-state index contributed by atoms with van der Waals surface area (Å²) in [6, 6.07) is 3.62. The van der Waals surface area contributed by atoms with Crippen molar-refractivity contribution in [1.82, 2.24) is 9.97 Å². The van der Waals surface area contributed by atoms with Crippen molar-refractivity contribution in [2.24, 2.45) is 0 Å². The summed E-state index contributed by atoms with van der Waals surface area (Å²) in [6.45, 7) is 1.92. The van der Waals surface area contributed by atoms with E-state index < -0.39 is 0 Å². The summed E-state index contributed by atoms with van der Waals surface area (Å²) in [5.41, 5.74) is 1.66. The zero-order chi connectivity index (χ0) is 8.55. The number of pyridine rings is 2. The standard InChI is InChI=1S/C9H8N2O/c1-6-4-7-8(11-5-6)2-3-10-9(7)12/h2-5H,1H3,(H,10,12). The fourth-order valence-electron chi connectivity index (χ4n) is 1.17. The molecule has 3 nitrogen and oxygen atoms in total. The Labute approximate surface area is 69.1 Å². The van der Waals surface area contributed by atoms with Gasteiger partial charge in [0.2, 0.25) is 0 Å². The third-order valence-electron chi connectivity index (χ3n) is 1.76. The Morgan fingerprint density at radius 2 is 2.33 bits per heavy atom. The van der Waals surface area contributed by atoms with Gasteiger partial charge >= 0.3 is 0 Å². The van der Waals surface area contributed by atoms with Crippen molar-refractivity contribution in [3.05, 3.63) is 40.4 Å². The molecular formula is C9H8N2O. The molecule has 2 heterocycles. The number of rotatable bonds is 0. The molecule has 2 rings (SSSR count). The Morgan fingerprint density at radius 3 is 3.17 bits per heavy atom. The molecule has 0 saturated heterocycles. The molecule has 0 aliphatic rings. The topological polar surface area (TPSA) is 45.8 Å². The second-order valence-electron chi connectivity index (χ2n) is 2.75. The van der Waals surface area contributed by atoms with Crippen LogP contribution in [0.1, 0.15) is 5.56 Å². The van der Waals surface area contributed by atoms with Crippen molar-refractivity contribution >= 4 is 10.9 Å². The molecule has 0 amide bonds. The van der Waals surface area contributed by atoms with Crippen molar-refractivity contribution in [3.8, 4) is 0 Å². The number of aryl methyl sites for hydroxylation is 1. The number of nitrogens with zero attached hydrogens (tertiary/aromatic N) is 1. The number of H-pyrrole nitrogens is 1. The molecule has 0 radical (unpaired) electrons. The molecule has 2 aromatic heterocycles. The molecule has 0 fully saturated rings. The summed E-state index contributed by atoms with van der Waals surface area (Å²) in [5, 5.41) is 0.650. The molecule has 1 N–H and O–H groups in total. The molecule has 60 valence electrons. The Kier molecular flexibility index (Phi) is 1.43. The molecule has 0 aromatic carbocycles. The lowest BCUT2D eigenvalue weighted by atomic mass is 10.2. The van der Waals surface area contributed by atoms with E-state index in [-0.39, 0.29) is 5.56 Å². The van der Waals surface area contributed by atoms with Crippen LogP contribution in [0, 0.1) is 6.92 Å². The van der Waals surface area contributed by atoms with Gasteiger partial charge in [0.1, 0.15) is 0 Å². The number of nitrogens with one attached hydrogen (secondary N) is 1. The van der Waals surface area contributed by atoms with Crippen molar-refractivity contribution in [1.29, 1.82) is 0 Å². The number of fused-ring (bicyclic) bond motifs is 1. The van der Waals surface area contributed by atoms with E-state index in [1.165, 1.54) is 0 Å². The highest BCUT2D eigenvalue weighted by Gasteiger charge is 1.97. The van der Waals surface area contributed by atoms with E-state index in [1.807, 2.05) is 13.0 Å². The van der Waals surface area contributed by atoms with Gasteiger partial charge in [-0.2, -0.15) is 0 Å². The molecular weight excluding hydrogens is 152 g/mol. The monoisotopic (exact) mass is 160 g/mol. The molecule has 0 aliphatic carbocycles. The highest BCUT2D eigenvalue weighted by Crippen LogP contribution is 2.06. The Morgan fingerprint density at radius 1 is 1.50 bits per heavy atom. The van der Waals surface area contributed by atoms with Gasteiger partial charge in [0.05, 0.1) is 10.9 Å². The number of hydrogen-bond donors (Lipinski definition) is 1. The van der Waals surface area contributed by atoms with Crippen molar-refractivity contribution < 1.29 is 0 Å². The first kappa shape index (κ1) is 7.03. The van der Waals surface area contributed by atoms with Gasteiger partial charge in [-0.3, -0.25) is 9.78 Å². The first-order valence-corrected chi connectivity index (χ1v) is 3.71. The molecule has 0 saturated carbocycles. The van der Waals surface area contributed by atoms with Gasteiger partial charge in [0.25, 0.3) is 5.56 Å². The third-order valence-corrected chi connectivity index (χ3v) is 1.76. The van der Waals surface area contributed by atoms with E-state index in [9.17, 15) is 4.79 Å². The van der Waals surface area contributed by atoms with Gasteiger partial charge in [0, 0.05) is 12.4 Å². The van der Waals surface area contributed by atoms with Crippen LogP contribution in [0.4, 0.5) is 0 Å². The fraction of sp³-hybridized carbons (Fsp3) is 0.111. The van der Waals surface area contributed by atoms with Gasteiger partial charge < -0.3 is 4.98 Å². The normalized spacial score (nSPS) is 10.4. The van der Waals surface area contributed by atoms with Gasteiger partial charge in [-0.15, -0.1) is 0 Å². The molecule has 3 heteroatoms. The highest BCUT2D eigenvalue weighted by atomic mass is 16.1. The zero-order valence-corrected chi connectivity index (χ0v) is 6.66. The number of hydrogen-bond acceptors (Lipinski definition) is 2. The van der Waals surface area contributed by atoms with Crippen LogP contribution in [-0.4, -0.2) is 9.97 Å². The first-order chi connectivity index (χ1) is 5.77. The minimum absolute atomic E-state index is 0.0799. The lowest BCUT2D eigenvalue weighted by Crippen LogP contribution is -2.05. The van der Waals surface area contributed by atoms with E-state index in [2.05, 4.69) is 9.97 Å². The fourth-order valence-corrected chi connectivity index (χ4v) is 1.17. The second kappa shape index (κ2) is 2.44. The highest BCUT2D eigenvalue weighted by molar-refractivity contribution is 5.77. The Hall–Kier alpha value is -1.64. The lowest BCUT2D eigenvalue weighted by Gasteiger charge is -1.95. The second-order valence-corrected chi connectivity index (χ2v) is 2.75. The van der Waals surface area contributed by atoms with Crippen LogP contribution >= 0.6 is 0 Å². The molecule has 2 aromatic rings. The lowest BCUT2D eigenvalue weighted by molar-refractivity contribution is 1.24. The summed E-state index contributed by atoms with van der Waals surface area (Å²) in [4.78, 5) is 18.0. The SMILES string of the molecule is Cc1cnc2cc[nH]c(=O)c2c1. The van der Waals surface area contributed by atoms with Crippen LogP contribution in [0.15, 0.2) is 29.3 Å². The van der Waals surface area contributed by atoms with Crippen LogP contribution in [0.2, 0.25) is 0 Å². The molecule has 0 bridgehead atoms. The summed E-state index contributed by atoms with van der Waals surface area (Å²) in [6.07, 6.45) is 3.36. The van der Waals surface area contributed by atoms with Crippen molar-refractivity contribution in [2.75, 3.05) is 0 Å². The molecule has 0 spiro atoms. The Balaban J connectivity index is 2.98. The van der Waals surface area contributed by atoms with Crippen LogP contribution < -0.4 is 5.56 Å². The predicted molar refractivity (Wildman–Crippen MR) is 47.1 cm³/mol. The van der Waals surface area contributed by atoms with Gasteiger partial charge in [-0.1, -0.05) is 0 Å². The van der Waals surface area contributed by atoms with Crippen LogP contribution in [0.5, 0.6) is 0 Å². The van der Waals surface area contributed by atoms with E-state index in [1.54, 1.807) is 18.5 Å². The molecule has 12 heavy (non-hydrogen) atoms. The maximum atomic E-state index is 11.2. The Bertz CT molecular complexity index is 473. The average molecular weight is 160 g/mol. The zero-order valence-electron chi connectivity index (χ0n) is 6.66. The quantitative estimate of drug-likeness (QED) is 0.630. The van der Waals surface area contributed by atoms with E-state index >= 15 is 0 Å². The molecule has 0 atom stereocenters. The van der Waals surface area contributed by atoms with E-state index in [4.69, 9.17) is 0 Å². The molecule has 0 aliphatic heterocycles. The van der Waals surface area contributed by atoms with Gasteiger partial charge in [-0.25, -0.2) is 0 Å². The van der Waals surface area contributed by atoms with Gasteiger partial charge in [-0.05, 0) is 24.6 Å².